The fraction of sp³-hybridized carbons (Fsp3) is 0.417. The van der Waals surface area contributed by atoms with Gasteiger partial charge in [0.25, 0.3) is 5.91 Å². The first-order valence-electron chi connectivity index (χ1n) is 11.2. The number of nitrogens with one attached hydrogen (secondary N) is 1. The van der Waals surface area contributed by atoms with Crippen molar-refractivity contribution in [3.05, 3.63) is 63.7 Å². The van der Waals surface area contributed by atoms with Gasteiger partial charge in [0.1, 0.15) is 11.9 Å². The molecular formula is C24H24ClFN4O3. The summed E-state index contributed by atoms with van der Waals surface area (Å²) in [4.78, 5) is 44.7. The average molecular weight is 471 g/mol. The Labute approximate surface area is 195 Å². The lowest BCUT2D eigenvalue weighted by Crippen LogP contribution is -2.52. The molecule has 0 bridgehead atoms. The van der Waals surface area contributed by atoms with Crippen LogP contribution in [-0.2, 0) is 22.7 Å². The fourth-order valence-electron chi connectivity index (χ4n) is 5.19. The third-order valence-corrected chi connectivity index (χ3v) is 7.27. The molecule has 3 aliphatic rings. The highest BCUT2D eigenvalue weighted by molar-refractivity contribution is 6.31. The number of likely N-dealkylation sites (tertiary alicyclic amines) is 1. The van der Waals surface area contributed by atoms with E-state index in [-0.39, 0.29) is 37.1 Å². The van der Waals surface area contributed by atoms with Crippen LogP contribution < -0.4 is 5.32 Å². The van der Waals surface area contributed by atoms with Crippen molar-refractivity contribution in [2.75, 3.05) is 13.1 Å². The summed E-state index contributed by atoms with van der Waals surface area (Å²) >= 11 is 6.24. The maximum Gasteiger partial charge on any atom is 0.255 e. The largest absolute Gasteiger partial charge is 0.322 e. The highest BCUT2D eigenvalue weighted by Crippen LogP contribution is 2.38. The highest BCUT2D eigenvalue weighted by Gasteiger charge is 2.41. The van der Waals surface area contributed by atoms with E-state index in [0.29, 0.717) is 10.6 Å². The van der Waals surface area contributed by atoms with Gasteiger partial charge < -0.3 is 4.90 Å². The lowest BCUT2D eigenvalue weighted by molar-refractivity contribution is -0.136. The summed E-state index contributed by atoms with van der Waals surface area (Å²) in [6, 6.07) is 4.03. The van der Waals surface area contributed by atoms with Crippen LogP contribution in [0, 0.1) is 5.82 Å². The van der Waals surface area contributed by atoms with Gasteiger partial charge in [-0.3, -0.25) is 29.6 Å². The van der Waals surface area contributed by atoms with E-state index in [1.54, 1.807) is 18.5 Å². The van der Waals surface area contributed by atoms with Gasteiger partial charge in [0.15, 0.2) is 0 Å². The van der Waals surface area contributed by atoms with Gasteiger partial charge >= 0.3 is 0 Å². The Morgan fingerprint density at radius 3 is 2.67 bits per heavy atom. The molecule has 2 fully saturated rings. The Morgan fingerprint density at radius 2 is 1.94 bits per heavy atom. The molecule has 0 saturated carbocycles. The van der Waals surface area contributed by atoms with Crippen LogP contribution in [0.4, 0.5) is 4.39 Å². The average Bonchev–Trinajstić information content (AvgIpc) is 3.11. The van der Waals surface area contributed by atoms with Crippen molar-refractivity contribution in [1.29, 1.82) is 0 Å². The van der Waals surface area contributed by atoms with E-state index < -0.39 is 17.8 Å². The molecule has 3 aliphatic heterocycles. The number of amides is 3. The van der Waals surface area contributed by atoms with Crippen molar-refractivity contribution in [1.82, 2.24) is 20.1 Å². The van der Waals surface area contributed by atoms with E-state index >= 15 is 0 Å². The molecule has 1 unspecified atom stereocenters. The molecule has 172 valence electrons. The molecule has 5 rings (SSSR count). The van der Waals surface area contributed by atoms with Crippen LogP contribution in [0.15, 0.2) is 30.6 Å². The molecule has 0 radical (unpaired) electrons. The van der Waals surface area contributed by atoms with Gasteiger partial charge in [0.2, 0.25) is 11.8 Å². The second-order valence-electron chi connectivity index (χ2n) is 8.94. The second kappa shape index (κ2) is 8.83. The Morgan fingerprint density at radius 1 is 1.15 bits per heavy atom. The van der Waals surface area contributed by atoms with Crippen LogP contribution in [0.25, 0.3) is 0 Å². The zero-order chi connectivity index (χ0) is 23.1. The number of aromatic nitrogens is 1. The molecule has 3 amide bonds. The molecule has 1 N–H and O–H groups in total. The van der Waals surface area contributed by atoms with Gasteiger partial charge in [-0.25, -0.2) is 4.39 Å². The van der Waals surface area contributed by atoms with Gasteiger partial charge in [-0.05, 0) is 73.2 Å². The predicted octanol–water partition coefficient (Wildman–Crippen LogP) is 3.01. The number of halogens is 2. The van der Waals surface area contributed by atoms with Crippen LogP contribution >= 0.6 is 11.6 Å². The summed E-state index contributed by atoms with van der Waals surface area (Å²) in [6.45, 7) is 2.67. The maximum absolute atomic E-state index is 14.5. The zero-order valence-electron chi connectivity index (χ0n) is 18.0. The van der Waals surface area contributed by atoms with Crippen molar-refractivity contribution in [3.8, 4) is 0 Å². The fourth-order valence-corrected chi connectivity index (χ4v) is 5.37. The highest BCUT2D eigenvalue weighted by atomic mass is 35.5. The zero-order valence-corrected chi connectivity index (χ0v) is 18.8. The van der Waals surface area contributed by atoms with Gasteiger partial charge in [0.05, 0.1) is 5.02 Å². The number of nitrogens with zero attached hydrogens (tertiary/aromatic N) is 3. The SMILES string of the molecule is O=C1CCC(N2Cc3c(cc(F)cc3C3CCN(Cc4ccncc4Cl)CC3)C2=O)C(=O)N1. The summed E-state index contributed by atoms with van der Waals surface area (Å²) in [6.07, 6.45) is 5.53. The first-order valence-corrected chi connectivity index (χ1v) is 11.6. The minimum atomic E-state index is -0.703. The van der Waals surface area contributed by atoms with Crippen molar-refractivity contribution in [3.63, 3.8) is 0 Å². The summed E-state index contributed by atoms with van der Waals surface area (Å²) in [7, 11) is 0. The Bertz CT molecular complexity index is 1130. The number of hydrogen-bond acceptors (Lipinski definition) is 5. The first-order chi connectivity index (χ1) is 15.9. The third-order valence-electron chi connectivity index (χ3n) is 6.93. The predicted molar refractivity (Wildman–Crippen MR) is 119 cm³/mol. The minimum Gasteiger partial charge on any atom is -0.322 e. The molecule has 7 nitrogen and oxygen atoms in total. The third kappa shape index (κ3) is 4.25. The summed E-state index contributed by atoms with van der Waals surface area (Å²) in [5.41, 5.74) is 3.03. The number of hydrogen-bond donors (Lipinski definition) is 1. The monoisotopic (exact) mass is 470 g/mol. The van der Waals surface area contributed by atoms with Gasteiger partial charge in [-0.1, -0.05) is 11.6 Å². The number of pyridine rings is 1. The van der Waals surface area contributed by atoms with Crippen LogP contribution in [0.2, 0.25) is 5.02 Å². The molecule has 0 spiro atoms. The topological polar surface area (TPSA) is 82.6 Å². The molecule has 9 heteroatoms. The molecule has 33 heavy (non-hydrogen) atoms. The van der Waals surface area contributed by atoms with E-state index in [1.807, 2.05) is 6.07 Å². The van der Waals surface area contributed by atoms with E-state index in [0.717, 1.165) is 49.2 Å². The molecule has 1 aromatic carbocycles. The molecule has 1 aromatic heterocycles. The van der Waals surface area contributed by atoms with E-state index in [4.69, 9.17) is 11.6 Å². The normalized spacial score (nSPS) is 21.9. The van der Waals surface area contributed by atoms with E-state index in [2.05, 4.69) is 15.2 Å². The summed E-state index contributed by atoms with van der Waals surface area (Å²) < 4.78 is 14.5. The first kappa shape index (κ1) is 22.0. The van der Waals surface area contributed by atoms with Crippen LogP contribution in [0.3, 0.4) is 0 Å². The Kier molecular flexibility index (Phi) is 5.88. The van der Waals surface area contributed by atoms with Gasteiger partial charge in [0, 0.05) is 37.5 Å². The number of piperidine rings is 2. The number of rotatable bonds is 4. The lowest BCUT2D eigenvalue weighted by Gasteiger charge is -2.33. The molecule has 4 heterocycles. The number of fused-ring (bicyclic) bond motifs is 1. The summed E-state index contributed by atoms with van der Waals surface area (Å²) in [5, 5.41) is 2.95. The maximum atomic E-state index is 14.5. The number of carbonyl (C=O) groups is 3. The van der Waals surface area contributed by atoms with E-state index in [1.165, 1.54) is 11.0 Å². The Hall–Kier alpha value is -2.84. The Balaban J connectivity index is 1.32. The lowest BCUT2D eigenvalue weighted by atomic mass is 9.85. The van der Waals surface area contributed by atoms with Crippen molar-refractivity contribution in [2.24, 2.45) is 0 Å². The van der Waals surface area contributed by atoms with Crippen LogP contribution in [0.1, 0.15) is 58.6 Å². The molecule has 0 aliphatic carbocycles. The molecule has 2 saturated heterocycles. The smallest absolute Gasteiger partial charge is 0.255 e. The van der Waals surface area contributed by atoms with Gasteiger partial charge in [-0.15, -0.1) is 0 Å². The van der Waals surface area contributed by atoms with Crippen molar-refractivity contribution in [2.45, 2.75) is 50.7 Å². The number of imide groups is 1. The van der Waals surface area contributed by atoms with Crippen LogP contribution in [0.5, 0.6) is 0 Å². The molecular weight excluding hydrogens is 447 g/mol. The van der Waals surface area contributed by atoms with Crippen molar-refractivity contribution < 1.29 is 18.8 Å². The number of carbonyl (C=O) groups excluding carboxylic acids is 3. The van der Waals surface area contributed by atoms with Crippen molar-refractivity contribution >= 4 is 29.3 Å². The molecule has 2 aromatic rings. The van der Waals surface area contributed by atoms with Crippen LogP contribution in [-0.4, -0.2) is 51.6 Å². The number of benzene rings is 1. The second-order valence-corrected chi connectivity index (χ2v) is 9.35. The van der Waals surface area contributed by atoms with Gasteiger partial charge in [-0.2, -0.15) is 0 Å². The molecule has 1 atom stereocenters. The standard InChI is InChI=1S/C24H24ClFN4O3/c25-20-11-27-6-3-15(20)12-29-7-4-14(5-8-29)17-9-16(26)10-18-19(17)13-30(24(18)33)21-1-2-22(31)28-23(21)32/h3,6,9-11,14,21H,1-2,4-5,7-8,12-13H2,(H,28,31,32). The quantitative estimate of drug-likeness (QED) is 0.694. The summed E-state index contributed by atoms with van der Waals surface area (Å²) in [5.74, 6) is -1.43. The minimum absolute atomic E-state index is 0.133. The van der Waals surface area contributed by atoms with E-state index in [9.17, 15) is 18.8 Å².